The summed E-state index contributed by atoms with van der Waals surface area (Å²) in [6, 6.07) is 0.585. The van der Waals surface area contributed by atoms with E-state index < -0.39 is 0 Å². The molecule has 2 aliphatic heterocycles. The quantitative estimate of drug-likeness (QED) is 0.749. The molecular formula is C14H27N3O2. The van der Waals surface area contributed by atoms with Crippen LogP contribution in [-0.4, -0.2) is 63.3 Å². The summed E-state index contributed by atoms with van der Waals surface area (Å²) in [5, 5.41) is 7.08. The summed E-state index contributed by atoms with van der Waals surface area (Å²) in [6.07, 6.45) is 4.72. The topological polar surface area (TPSA) is 53.6 Å². The van der Waals surface area contributed by atoms with E-state index in [1.807, 2.05) is 4.90 Å². The largest absolute Gasteiger partial charge is 0.375 e. The van der Waals surface area contributed by atoms with Crippen LogP contribution in [0.1, 0.15) is 25.7 Å². The summed E-state index contributed by atoms with van der Waals surface area (Å²) < 4.78 is 4.90. The number of nitrogens with one attached hydrogen (secondary N) is 2. The maximum Gasteiger partial charge on any atom is 0.248 e. The van der Waals surface area contributed by atoms with Crippen molar-refractivity contribution in [2.24, 2.45) is 5.92 Å². The van der Waals surface area contributed by atoms with Gasteiger partial charge in [-0.05, 0) is 51.2 Å². The van der Waals surface area contributed by atoms with Crippen molar-refractivity contribution in [1.82, 2.24) is 15.5 Å². The van der Waals surface area contributed by atoms with E-state index >= 15 is 0 Å². The molecule has 2 rings (SSSR count). The SMILES string of the molecule is COCC(=O)N1CCC(NCC2CCNCC2)CC1. The molecule has 2 saturated heterocycles. The van der Waals surface area contributed by atoms with Gasteiger partial charge in [0, 0.05) is 26.2 Å². The normalized spacial score (nSPS) is 22.7. The number of piperidine rings is 2. The lowest BCUT2D eigenvalue weighted by Gasteiger charge is -2.33. The summed E-state index contributed by atoms with van der Waals surface area (Å²) in [5.41, 5.74) is 0. The number of ether oxygens (including phenoxy) is 1. The molecule has 5 heteroatoms. The number of hydrogen-bond acceptors (Lipinski definition) is 4. The van der Waals surface area contributed by atoms with Crippen molar-refractivity contribution in [1.29, 1.82) is 0 Å². The van der Waals surface area contributed by atoms with Crippen molar-refractivity contribution < 1.29 is 9.53 Å². The molecule has 0 aromatic heterocycles. The van der Waals surface area contributed by atoms with Crippen molar-refractivity contribution in [3.05, 3.63) is 0 Å². The molecule has 0 aromatic rings. The van der Waals surface area contributed by atoms with Crippen LogP contribution in [0.4, 0.5) is 0 Å². The smallest absolute Gasteiger partial charge is 0.248 e. The van der Waals surface area contributed by atoms with Crippen molar-refractivity contribution in [3.8, 4) is 0 Å². The Morgan fingerprint density at radius 1 is 1.26 bits per heavy atom. The molecule has 0 bridgehead atoms. The first-order valence-corrected chi connectivity index (χ1v) is 7.50. The molecule has 2 N–H and O–H groups in total. The fourth-order valence-corrected chi connectivity index (χ4v) is 2.97. The second-order valence-electron chi connectivity index (χ2n) is 5.69. The molecule has 110 valence electrons. The van der Waals surface area contributed by atoms with Crippen LogP contribution >= 0.6 is 0 Å². The van der Waals surface area contributed by atoms with Crippen molar-refractivity contribution in [2.45, 2.75) is 31.7 Å². The van der Waals surface area contributed by atoms with Gasteiger partial charge in [-0.1, -0.05) is 0 Å². The minimum atomic E-state index is 0.124. The number of carbonyl (C=O) groups excluding carboxylic acids is 1. The molecule has 0 unspecified atom stereocenters. The number of carbonyl (C=O) groups is 1. The monoisotopic (exact) mass is 269 g/mol. The van der Waals surface area contributed by atoms with E-state index in [4.69, 9.17) is 4.74 Å². The highest BCUT2D eigenvalue weighted by atomic mass is 16.5. The lowest BCUT2D eigenvalue weighted by molar-refractivity contribution is -0.136. The van der Waals surface area contributed by atoms with Gasteiger partial charge in [-0.25, -0.2) is 0 Å². The van der Waals surface area contributed by atoms with Crippen LogP contribution in [0.25, 0.3) is 0 Å². The van der Waals surface area contributed by atoms with Gasteiger partial charge < -0.3 is 20.3 Å². The standard InChI is InChI=1S/C14H27N3O2/c1-19-11-14(18)17-8-4-13(5-9-17)16-10-12-2-6-15-7-3-12/h12-13,15-16H,2-11H2,1H3. The molecule has 2 aliphatic rings. The molecular weight excluding hydrogens is 242 g/mol. The Bertz CT molecular complexity index is 272. The number of rotatable bonds is 5. The zero-order chi connectivity index (χ0) is 13.5. The number of amides is 1. The summed E-state index contributed by atoms with van der Waals surface area (Å²) in [5.74, 6) is 0.953. The molecule has 2 fully saturated rings. The summed E-state index contributed by atoms with van der Waals surface area (Å²) in [4.78, 5) is 13.6. The van der Waals surface area contributed by atoms with Gasteiger partial charge in [0.1, 0.15) is 6.61 Å². The lowest BCUT2D eigenvalue weighted by Crippen LogP contribution is -2.47. The van der Waals surface area contributed by atoms with Crippen LogP contribution in [0, 0.1) is 5.92 Å². The molecule has 2 heterocycles. The number of nitrogens with zero attached hydrogens (tertiary/aromatic N) is 1. The average molecular weight is 269 g/mol. The van der Waals surface area contributed by atoms with E-state index in [0.29, 0.717) is 6.04 Å². The van der Waals surface area contributed by atoms with Crippen LogP contribution in [0.5, 0.6) is 0 Å². The zero-order valence-corrected chi connectivity index (χ0v) is 12.0. The van der Waals surface area contributed by atoms with Crippen LogP contribution in [0.2, 0.25) is 0 Å². The van der Waals surface area contributed by atoms with Gasteiger partial charge in [0.05, 0.1) is 0 Å². The summed E-state index contributed by atoms with van der Waals surface area (Å²) in [7, 11) is 1.57. The minimum absolute atomic E-state index is 0.124. The van der Waals surface area contributed by atoms with Gasteiger partial charge in [-0.2, -0.15) is 0 Å². The molecule has 19 heavy (non-hydrogen) atoms. The molecule has 1 amide bonds. The van der Waals surface area contributed by atoms with Gasteiger partial charge in [0.2, 0.25) is 5.91 Å². The van der Waals surface area contributed by atoms with Gasteiger partial charge in [-0.3, -0.25) is 4.79 Å². The van der Waals surface area contributed by atoms with E-state index in [0.717, 1.165) is 51.5 Å². The zero-order valence-electron chi connectivity index (χ0n) is 12.0. The maximum atomic E-state index is 11.7. The van der Waals surface area contributed by atoms with Gasteiger partial charge >= 0.3 is 0 Å². The molecule has 0 saturated carbocycles. The first-order chi connectivity index (χ1) is 9.29. The number of hydrogen-bond donors (Lipinski definition) is 2. The third-order valence-corrected chi connectivity index (χ3v) is 4.27. The highest BCUT2D eigenvalue weighted by Gasteiger charge is 2.23. The average Bonchev–Trinajstić information content (AvgIpc) is 2.47. The Kier molecular flexibility index (Phi) is 6.07. The molecule has 0 aromatic carbocycles. The predicted octanol–water partition coefficient (Wildman–Crippen LogP) is 0.213. The van der Waals surface area contributed by atoms with Crippen LogP contribution in [-0.2, 0) is 9.53 Å². The fraction of sp³-hybridized carbons (Fsp3) is 0.929. The van der Waals surface area contributed by atoms with Crippen LogP contribution in [0.3, 0.4) is 0 Å². The number of methoxy groups -OCH3 is 1. The van der Waals surface area contributed by atoms with E-state index in [9.17, 15) is 4.79 Å². The maximum absolute atomic E-state index is 11.7. The van der Waals surface area contributed by atoms with E-state index in [-0.39, 0.29) is 12.5 Å². The van der Waals surface area contributed by atoms with E-state index in [1.54, 1.807) is 7.11 Å². The third-order valence-electron chi connectivity index (χ3n) is 4.27. The Hall–Kier alpha value is -0.650. The molecule has 5 nitrogen and oxygen atoms in total. The number of likely N-dealkylation sites (tertiary alicyclic amines) is 1. The first kappa shape index (κ1) is 14.8. The van der Waals surface area contributed by atoms with E-state index in [1.165, 1.54) is 12.8 Å². The summed E-state index contributed by atoms with van der Waals surface area (Å²) >= 11 is 0. The predicted molar refractivity (Wildman–Crippen MR) is 75.1 cm³/mol. The molecule has 0 atom stereocenters. The van der Waals surface area contributed by atoms with Crippen LogP contribution in [0.15, 0.2) is 0 Å². The second kappa shape index (κ2) is 7.82. The second-order valence-corrected chi connectivity index (χ2v) is 5.69. The van der Waals surface area contributed by atoms with Gasteiger partial charge in [0.15, 0.2) is 0 Å². The Morgan fingerprint density at radius 2 is 1.95 bits per heavy atom. The van der Waals surface area contributed by atoms with Crippen molar-refractivity contribution in [3.63, 3.8) is 0 Å². The molecule has 0 aliphatic carbocycles. The lowest BCUT2D eigenvalue weighted by atomic mass is 9.97. The highest BCUT2D eigenvalue weighted by molar-refractivity contribution is 5.77. The Morgan fingerprint density at radius 3 is 2.58 bits per heavy atom. The summed E-state index contributed by atoms with van der Waals surface area (Å²) in [6.45, 7) is 5.41. The third kappa shape index (κ3) is 4.75. The van der Waals surface area contributed by atoms with Crippen LogP contribution < -0.4 is 10.6 Å². The fourth-order valence-electron chi connectivity index (χ4n) is 2.97. The Balaban J connectivity index is 1.61. The highest BCUT2D eigenvalue weighted by Crippen LogP contribution is 2.14. The van der Waals surface area contributed by atoms with Crippen molar-refractivity contribution >= 4 is 5.91 Å². The Labute approximate surface area is 116 Å². The first-order valence-electron chi connectivity index (χ1n) is 7.50. The van der Waals surface area contributed by atoms with Gasteiger partial charge in [0.25, 0.3) is 0 Å². The van der Waals surface area contributed by atoms with Gasteiger partial charge in [-0.15, -0.1) is 0 Å². The minimum Gasteiger partial charge on any atom is -0.375 e. The molecule has 0 radical (unpaired) electrons. The van der Waals surface area contributed by atoms with Crippen molar-refractivity contribution in [2.75, 3.05) is 46.4 Å². The van der Waals surface area contributed by atoms with E-state index in [2.05, 4.69) is 10.6 Å². The molecule has 0 spiro atoms.